The summed E-state index contributed by atoms with van der Waals surface area (Å²) >= 11 is 0. The smallest absolute Gasteiger partial charge is 0.129 e. The molecular formula is C20H23NSi. The van der Waals surface area contributed by atoms with Gasteiger partial charge in [-0.25, -0.2) is 0 Å². The summed E-state index contributed by atoms with van der Waals surface area (Å²) in [5, 5.41) is 0. The summed E-state index contributed by atoms with van der Waals surface area (Å²) < 4.78 is 0. The molecule has 1 atom stereocenters. The molecule has 0 saturated carbocycles. The lowest BCUT2D eigenvalue weighted by molar-refractivity contribution is 1.07. The van der Waals surface area contributed by atoms with E-state index in [0.29, 0.717) is 0 Å². The average Bonchev–Trinajstić information content (AvgIpc) is 2.52. The van der Waals surface area contributed by atoms with Gasteiger partial charge in [-0.05, 0) is 22.8 Å². The summed E-state index contributed by atoms with van der Waals surface area (Å²) in [6.07, 6.45) is 2.07. The Labute approximate surface area is 134 Å². The van der Waals surface area contributed by atoms with Crippen LogP contribution in [0.25, 0.3) is 5.57 Å². The molecule has 0 amide bonds. The highest BCUT2D eigenvalue weighted by atomic mass is 28.3. The van der Waals surface area contributed by atoms with E-state index in [2.05, 4.69) is 61.4 Å². The molecular weight excluding hydrogens is 282 g/mol. The van der Waals surface area contributed by atoms with Crippen LogP contribution in [0.1, 0.15) is 11.1 Å². The van der Waals surface area contributed by atoms with Crippen LogP contribution in [0.5, 0.6) is 0 Å². The van der Waals surface area contributed by atoms with Gasteiger partial charge in [0, 0.05) is 0 Å². The number of rotatable bonds is 3. The van der Waals surface area contributed by atoms with Gasteiger partial charge in [-0.2, -0.15) is 0 Å². The molecule has 112 valence electrons. The minimum Gasteiger partial charge on any atom is -0.314 e. The molecule has 2 rings (SSSR count). The summed E-state index contributed by atoms with van der Waals surface area (Å²) in [6.45, 7) is 6.68. The van der Waals surface area contributed by atoms with Crippen molar-refractivity contribution in [1.82, 2.24) is 0 Å². The number of nitrogens with two attached hydrogens (primary N) is 1. The second-order valence-corrected chi connectivity index (χ2v) is 11.1. The number of hydrogen-bond acceptors (Lipinski definition) is 1. The molecule has 0 bridgehead atoms. The van der Waals surface area contributed by atoms with Crippen molar-refractivity contribution in [3.05, 3.63) is 77.9 Å². The summed E-state index contributed by atoms with van der Waals surface area (Å²) in [5.74, 6) is 3.21. The van der Waals surface area contributed by atoms with Gasteiger partial charge in [0.1, 0.15) is 8.07 Å². The first-order valence-electron chi connectivity index (χ1n) is 7.57. The largest absolute Gasteiger partial charge is 0.314 e. The van der Waals surface area contributed by atoms with Gasteiger partial charge in [0.05, 0.1) is 6.04 Å². The van der Waals surface area contributed by atoms with Crippen molar-refractivity contribution >= 4 is 13.6 Å². The SMILES string of the molecule is C[Si](C)(C)C#C[C@H](N)C=C(c1ccccc1)c1ccccc1. The molecule has 2 N–H and O–H groups in total. The van der Waals surface area contributed by atoms with Crippen molar-refractivity contribution in [1.29, 1.82) is 0 Å². The van der Waals surface area contributed by atoms with Crippen LogP contribution in [0.2, 0.25) is 19.6 Å². The monoisotopic (exact) mass is 305 g/mol. The van der Waals surface area contributed by atoms with Gasteiger partial charge < -0.3 is 5.73 Å². The van der Waals surface area contributed by atoms with Gasteiger partial charge in [0.25, 0.3) is 0 Å². The Morgan fingerprint density at radius 2 is 1.36 bits per heavy atom. The van der Waals surface area contributed by atoms with Crippen LogP contribution in [0.3, 0.4) is 0 Å². The number of hydrogen-bond donors (Lipinski definition) is 1. The lowest BCUT2D eigenvalue weighted by Crippen LogP contribution is -2.20. The summed E-state index contributed by atoms with van der Waals surface area (Å²) in [5.41, 5.74) is 13.0. The van der Waals surface area contributed by atoms with Crippen LogP contribution < -0.4 is 5.73 Å². The van der Waals surface area contributed by atoms with Gasteiger partial charge in [-0.1, -0.05) is 86.2 Å². The second-order valence-electron chi connectivity index (χ2n) is 6.36. The molecule has 0 saturated heterocycles. The van der Waals surface area contributed by atoms with Gasteiger partial charge in [-0.3, -0.25) is 0 Å². The van der Waals surface area contributed by atoms with Crippen molar-refractivity contribution in [2.75, 3.05) is 0 Å². The predicted octanol–water partition coefficient (Wildman–Crippen LogP) is 4.33. The maximum Gasteiger partial charge on any atom is 0.129 e. The highest BCUT2D eigenvalue weighted by Gasteiger charge is 2.09. The van der Waals surface area contributed by atoms with E-state index in [-0.39, 0.29) is 6.04 Å². The maximum atomic E-state index is 6.23. The van der Waals surface area contributed by atoms with Crippen molar-refractivity contribution in [3.63, 3.8) is 0 Å². The normalized spacial score (nSPS) is 12.0. The predicted molar refractivity (Wildman–Crippen MR) is 99.1 cm³/mol. The van der Waals surface area contributed by atoms with E-state index >= 15 is 0 Å². The first-order chi connectivity index (χ1) is 10.5. The molecule has 0 aliphatic carbocycles. The van der Waals surface area contributed by atoms with E-state index in [9.17, 15) is 0 Å². The summed E-state index contributed by atoms with van der Waals surface area (Å²) in [7, 11) is -1.40. The minimum absolute atomic E-state index is 0.248. The Balaban J connectivity index is 2.41. The summed E-state index contributed by atoms with van der Waals surface area (Å²) in [6, 6.07) is 20.4. The minimum atomic E-state index is -1.40. The summed E-state index contributed by atoms with van der Waals surface area (Å²) in [4.78, 5) is 0. The average molecular weight is 305 g/mol. The van der Waals surface area contributed by atoms with Crippen LogP contribution in [-0.2, 0) is 0 Å². The van der Waals surface area contributed by atoms with Crippen LogP contribution in [-0.4, -0.2) is 14.1 Å². The molecule has 2 aromatic rings. The molecule has 2 heteroatoms. The molecule has 2 aromatic carbocycles. The Kier molecular flexibility index (Phi) is 5.38. The fraction of sp³-hybridized carbons (Fsp3) is 0.200. The van der Waals surface area contributed by atoms with E-state index in [1.165, 1.54) is 11.1 Å². The van der Waals surface area contributed by atoms with Crippen LogP contribution in [0.15, 0.2) is 66.7 Å². The highest BCUT2D eigenvalue weighted by Crippen LogP contribution is 2.23. The van der Waals surface area contributed by atoms with Crippen molar-refractivity contribution in [2.24, 2.45) is 5.73 Å². The molecule has 22 heavy (non-hydrogen) atoms. The second kappa shape index (κ2) is 7.26. The lowest BCUT2D eigenvalue weighted by atomic mass is 9.96. The Bertz CT molecular complexity index is 644. The van der Waals surface area contributed by atoms with E-state index in [4.69, 9.17) is 5.73 Å². The third-order valence-corrected chi connectivity index (χ3v) is 4.02. The Hall–Kier alpha value is -2.08. The van der Waals surface area contributed by atoms with Crippen molar-refractivity contribution in [2.45, 2.75) is 25.7 Å². The highest BCUT2D eigenvalue weighted by molar-refractivity contribution is 6.83. The van der Waals surface area contributed by atoms with E-state index < -0.39 is 8.07 Å². The topological polar surface area (TPSA) is 26.0 Å². The van der Waals surface area contributed by atoms with Crippen LogP contribution in [0, 0.1) is 11.5 Å². The quantitative estimate of drug-likeness (QED) is 0.663. The maximum absolute atomic E-state index is 6.23. The molecule has 0 aromatic heterocycles. The van der Waals surface area contributed by atoms with E-state index in [1.807, 2.05) is 36.4 Å². The zero-order chi connectivity index (χ0) is 16.0. The Morgan fingerprint density at radius 1 is 0.909 bits per heavy atom. The fourth-order valence-electron chi connectivity index (χ4n) is 2.12. The Morgan fingerprint density at radius 3 is 1.77 bits per heavy atom. The molecule has 1 nitrogen and oxygen atoms in total. The van der Waals surface area contributed by atoms with E-state index in [0.717, 1.165) is 5.57 Å². The molecule has 0 heterocycles. The molecule has 0 spiro atoms. The molecule has 0 aliphatic heterocycles. The van der Waals surface area contributed by atoms with Gasteiger partial charge in [-0.15, -0.1) is 5.54 Å². The van der Waals surface area contributed by atoms with Gasteiger partial charge in [0.2, 0.25) is 0 Å². The zero-order valence-corrected chi connectivity index (χ0v) is 14.5. The van der Waals surface area contributed by atoms with Gasteiger partial charge in [0.15, 0.2) is 0 Å². The van der Waals surface area contributed by atoms with Crippen molar-refractivity contribution in [3.8, 4) is 11.5 Å². The van der Waals surface area contributed by atoms with Crippen molar-refractivity contribution < 1.29 is 0 Å². The third kappa shape index (κ3) is 5.03. The number of benzene rings is 2. The van der Waals surface area contributed by atoms with E-state index in [1.54, 1.807) is 0 Å². The lowest BCUT2D eigenvalue weighted by Gasteiger charge is -2.11. The third-order valence-electron chi connectivity index (χ3n) is 3.13. The fourth-order valence-corrected chi connectivity index (χ4v) is 2.72. The first kappa shape index (κ1) is 16.3. The molecule has 0 radical (unpaired) electrons. The van der Waals surface area contributed by atoms with Crippen LogP contribution in [0.4, 0.5) is 0 Å². The van der Waals surface area contributed by atoms with Gasteiger partial charge >= 0.3 is 0 Å². The standard InChI is InChI=1S/C20H23NSi/c1-22(2,3)15-14-19(21)16-20(17-10-6-4-7-11-17)18-12-8-5-9-13-18/h4-13,16,19H,21H2,1-3H3/t19-/m0/s1. The van der Waals surface area contributed by atoms with Crippen LogP contribution >= 0.6 is 0 Å². The molecule has 0 unspecified atom stereocenters. The first-order valence-corrected chi connectivity index (χ1v) is 11.1. The zero-order valence-electron chi connectivity index (χ0n) is 13.5. The molecule has 0 fully saturated rings. The molecule has 0 aliphatic rings.